The van der Waals surface area contributed by atoms with Gasteiger partial charge in [0.2, 0.25) is 0 Å². The van der Waals surface area contributed by atoms with Gasteiger partial charge in [-0.15, -0.1) is 0 Å². The Morgan fingerprint density at radius 3 is 2.72 bits per heavy atom. The van der Waals surface area contributed by atoms with Crippen LogP contribution in [0.4, 0.5) is 4.39 Å². The third-order valence-electron chi connectivity index (χ3n) is 4.60. The van der Waals surface area contributed by atoms with E-state index in [1.165, 1.54) is 16.8 Å². The predicted molar refractivity (Wildman–Crippen MR) is 106 cm³/mol. The van der Waals surface area contributed by atoms with Crippen LogP contribution >= 0.6 is 11.6 Å². The van der Waals surface area contributed by atoms with Crippen LogP contribution in [0.1, 0.15) is 21.6 Å². The van der Waals surface area contributed by atoms with E-state index in [2.05, 4.69) is 10.4 Å². The average Bonchev–Trinajstić information content (AvgIpc) is 3.00. The van der Waals surface area contributed by atoms with E-state index >= 15 is 0 Å². The highest BCUT2D eigenvalue weighted by atomic mass is 35.5. The molecule has 2 heterocycles. The first-order chi connectivity index (χ1) is 14.0. The molecular weight excluding hydrogens is 397 g/mol. The Morgan fingerprint density at radius 1 is 1.24 bits per heavy atom. The van der Waals surface area contributed by atoms with E-state index < -0.39 is 0 Å². The number of amides is 1. The number of nitrogens with zero attached hydrogens (tertiary/aromatic N) is 2. The summed E-state index contributed by atoms with van der Waals surface area (Å²) in [4.78, 5) is 12.7. The standard InChI is InChI=1S/C21H19ClFN3O3/c1-13-19(20(22)26(25-13)11-14-6-8-15(23)9-7-14)21(27)24-10-16-12-28-17-4-2-3-5-18(17)29-16/h2-9,16H,10-12H2,1H3,(H,24,27). The first-order valence-electron chi connectivity index (χ1n) is 9.15. The monoisotopic (exact) mass is 415 g/mol. The number of para-hydroxylation sites is 2. The van der Waals surface area contributed by atoms with E-state index in [0.717, 1.165) is 5.56 Å². The highest BCUT2D eigenvalue weighted by molar-refractivity contribution is 6.33. The van der Waals surface area contributed by atoms with Gasteiger partial charge in [0.15, 0.2) is 11.5 Å². The van der Waals surface area contributed by atoms with Crippen LogP contribution in [0.15, 0.2) is 48.5 Å². The van der Waals surface area contributed by atoms with E-state index in [9.17, 15) is 9.18 Å². The minimum absolute atomic E-state index is 0.232. The zero-order valence-corrected chi connectivity index (χ0v) is 16.4. The van der Waals surface area contributed by atoms with Crippen molar-refractivity contribution in [3.63, 3.8) is 0 Å². The Bertz CT molecular complexity index is 1040. The molecule has 4 rings (SSSR count). The lowest BCUT2D eigenvalue weighted by Crippen LogP contribution is -2.40. The molecule has 3 aromatic rings. The first-order valence-corrected chi connectivity index (χ1v) is 9.53. The van der Waals surface area contributed by atoms with Crippen LogP contribution in [-0.2, 0) is 6.54 Å². The van der Waals surface area contributed by atoms with Crippen LogP contribution in [0.5, 0.6) is 11.5 Å². The summed E-state index contributed by atoms with van der Waals surface area (Å²) in [5, 5.41) is 7.41. The van der Waals surface area contributed by atoms with Crippen molar-refractivity contribution in [2.24, 2.45) is 0 Å². The van der Waals surface area contributed by atoms with E-state index in [1.54, 1.807) is 19.1 Å². The highest BCUT2D eigenvalue weighted by Crippen LogP contribution is 2.30. The fourth-order valence-electron chi connectivity index (χ4n) is 3.14. The van der Waals surface area contributed by atoms with Gasteiger partial charge >= 0.3 is 0 Å². The summed E-state index contributed by atoms with van der Waals surface area (Å²) in [6.45, 7) is 2.67. The molecule has 1 N–H and O–H groups in total. The zero-order chi connectivity index (χ0) is 20.4. The van der Waals surface area contributed by atoms with Gasteiger partial charge in [-0.05, 0) is 36.8 Å². The number of rotatable bonds is 5. The molecular formula is C21H19ClFN3O3. The molecule has 6 nitrogen and oxygen atoms in total. The zero-order valence-electron chi connectivity index (χ0n) is 15.7. The Hall–Kier alpha value is -3.06. The fourth-order valence-corrected chi connectivity index (χ4v) is 3.46. The molecule has 1 aliphatic rings. The van der Waals surface area contributed by atoms with Crippen molar-refractivity contribution < 1.29 is 18.7 Å². The van der Waals surface area contributed by atoms with Gasteiger partial charge in [0.1, 0.15) is 23.7 Å². The average molecular weight is 416 g/mol. The van der Waals surface area contributed by atoms with Crippen LogP contribution in [-0.4, -0.2) is 34.9 Å². The molecule has 0 bridgehead atoms. The van der Waals surface area contributed by atoms with Crippen LogP contribution in [0.3, 0.4) is 0 Å². The van der Waals surface area contributed by atoms with Gasteiger partial charge in [0.05, 0.1) is 24.3 Å². The molecule has 0 radical (unpaired) electrons. The lowest BCUT2D eigenvalue weighted by molar-refractivity contribution is 0.0789. The number of aromatic nitrogens is 2. The number of fused-ring (bicyclic) bond motifs is 1. The molecule has 1 aromatic heterocycles. The van der Waals surface area contributed by atoms with Crippen LogP contribution in [0, 0.1) is 12.7 Å². The lowest BCUT2D eigenvalue weighted by Gasteiger charge is -2.26. The Labute approximate surface area is 172 Å². The second kappa shape index (κ2) is 8.13. The van der Waals surface area contributed by atoms with Gasteiger partial charge in [-0.2, -0.15) is 5.10 Å². The molecule has 8 heteroatoms. The first kappa shape index (κ1) is 19.3. The third kappa shape index (κ3) is 4.19. The van der Waals surface area contributed by atoms with E-state index in [1.807, 2.05) is 24.3 Å². The molecule has 0 spiro atoms. The molecule has 0 saturated carbocycles. The maximum absolute atomic E-state index is 13.1. The molecule has 1 unspecified atom stereocenters. The maximum Gasteiger partial charge on any atom is 0.256 e. The van der Waals surface area contributed by atoms with Gasteiger partial charge in [-0.25, -0.2) is 9.07 Å². The van der Waals surface area contributed by atoms with Crippen molar-refractivity contribution in [1.82, 2.24) is 15.1 Å². The molecule has 1 atom stereocenters. The number of aryl methyl sites for hydroxylation is 1. The van der Waals surface area contributed by atoms with Crippen molar-refractivity contribution in [2.45, 2.75) is 19.6 Å². The van der Waals surface area contributed by atoms with Crippen molar-refractivity contribution in [1.29, 1.82) is 0 Å². The summed E-state index contributed by atoms with van der Waals surface area (Å²) in [6, 6.07) is 13.4. The summed E-state index contributed by atoms with van der Waals surface area (Å²) in [7, 11) is 0. The number of halogens is 2. The van der Waals surface area contributed by atoms with Crippen LogP contribution in [0.25, 0.3) is 0 Å². The van der Waals surface area contributed by atoms with Crippen molar-refractivity contribution >= 4 is 17.5 Å². The second-order valence-corrected chi connectivity index (χ2v) is 7.10. The number of benzene rings is 2. The van der Waals surface area contributed by atoms with Crippen molar-refractivity contribution in [2.75, 3.05) is 13.2 Å². The van der Waals surface area contributed by atoms with Crippen molar-refractivity contribution in [3.8, 4) is 11.5 Å². The highest BCUT2D eigenvalue weighted by Gasteiger charge is 2.24. The lowest BCUT2D eigenvalue weighted by atomic mass is 10.2. The minimum atomic E-state index is -0.333. The number of nitrogens with one attached hydrogen (secondary N) is 1. The number of ether oxygens (including phenoxy) is 2. The normalized spacial score (nSPS) is 15.2. The molecule has 0 fully saturated rings. The number of carbonyl (C=O) groups excluding carboxylic acids is 1. The second-order valence-electron chi connectivity index (χ2n) is 6.74. The predicted octanol–water partition coefficient (Wildman–Crippen LogP) is 3.60. The summed E-state index contributed by atoms with van der Waals surface area (Å²) < 4.78 is 26.1. The molecule has 150 valence electrons. The Kier molecular flexibility index (Phi) is 5.40. The summed E-state index contributed by atoms with van der Waals surface area (Å²) in [5.41, 5.74) is 1.65. The Balaban J connectivity index is 1.41. The molecule has 0 saturated heterocycles. The van der Waals surface area contributed by atoms with E-state index in [4.69, 9.17) is 21.1 Å². The van der Waals surface area contributed by atoms with Crippen molar-refractivity contribution in [3.05, 3.63) is 76.3 Å². The number of hydrogen-bond acceptors (Lipinski definition) is 4. The van der Waals surface area contributed by atoms with Crippen LogP contribution < -0.4 is 14.8 Å². The van der Waals surface area contributed by atoms with Gasteiger partial charge < -0.3 is 14.8 Å². The Morgan fingerprint density at radius 2 is 1.97 bits per heavy atom. The minimum Gasteiger partial charge on any atom is -0.486 e. The summed E-state index contributed by atoms with van der Waals surface area (Å²) in [6.07, 6.45) is -0.304. The van der Waals surface area contributed by atoms with E-state index in [-0.39, 0.29) is 29.5 Å². The number of carbonyl (C=O) groups is 1. The molecule has 29 heavy (non-hydrogen) atoms. The molecule has 2 aromatic carbocycles. The van der Waals surface area contributed by atoms with E-state index in [0.29, 0.717) is 35.9 Å². The van der Waals surface area contributed by atoms with Gasteiger partial charge in [-0.3, -0.25) is 4.79 Å². The SMILES string of the molecule is Cc1nn(Cc2ccc(F)cc2)c(Cl)c1C(=O)NCC1COc2ccccc2O1. The van der Waals surface area contributed by atoms with Crippen LogP contribution in [0.2, 0.25) is 5.15 Å². The maximum atomic E-state index is 13.1. The number of hydrogen-bond donors (Lipinski definition) is 1. The summed E-state index contributed by atoms with van der Waals surface area (Å²) >= 11 is 6.40. The van der Waals surface area contributed by atoms with Gasteiger partial charge in [0, 0.05) is 0 Å². The molecule has 0 aliphatic carbocycles. The molecule has 1 amide bonds. The largest absolute Gasteiger partial charge is 0.486 e. The quantitative estimate of drug-likeness (QED) is 0.691. The third-order valence-corrected chi connectivity index (χ3v) is 4.98. The van der Waals surface area contributed by atoms with Gasteiger partial charge in [0.25, 0.3) is 5.91 Å². The topological polar surface area (TPSA) is 65.4 Å². The molecule has 1 aliphatic heterocycles. The van der Waals surface area contributed by atoms with Gasteiger partial charge in [-0.1, -0.05) is 35.9 Å². The fraction of sp³-hybridized carbons (Fsp3) is 0.238. The summed E-state index contributed by atoms with van der Waals surface area (Å²) in [5.74, 6) is 0.698. The smallest absolute Gasteiger partial charge is 0.256 e.